The number of carbonyl (C=O) groups is 1. The molecule has 7 heteroatoms. The second-order valence-electron chi connectivity index (χ2n) is 6.84. The monoisotopic (exact) mass is 351 g/mol. The Labute approximate surface area is 151 Å². The number of aliphatic hydroxyl groups is 1. The molecule has 2 aromatic heterocycles. The van der Waals surface area contributed by atoms with E-state index < -0.39 is 0 Å². The third kappa shape index (κ3) is 3.72. The van der Waals surface area contributed by atoms with Crippen LogP contribution in [0.2, 0.25) is 0 Å². The molecule has 0 unspecified atom stereocenters. The minimum Gasteiger partial charge on any atom is -0.393 e. The quantitative estimate of drug-likeness (QED) is 0.699. The third-order valence-corrected chi connectivity index (χ3v) is 4.88. The molecule has 1 aliphatic rings. The molecule has 1 amide bonds. The van der Waals surface area contributed by atoms with E-state index in [1.54, 1.807) is 12.4 Å². The number of hydrogen-bond acceptors (Lipinski definition) is 5. The number of amides is 1. The van der Waals surface area contributed by atoms with Crippen LogP contribution in [-0.4, -0.2) is 43.1 Å². The number of fused-ring (bicyclic) bond motifs is 1. The zero-order valence-electron chi connectivity index (χ0n) is 14.3. The molecule has 1 saturated carbocycles. The van der Waals surface area contributed by atoms with Crippen molar-refractivity contribution in [3.8, 4) is 0 Å². The Kier molecular flexibility index (Phi) is 4.62. The number of nitrogens with one attached hydrogen (secondary N) is 1. The lowest BCUT2D eigenvalue weighted by atomic mass is 9.75. The Morgan fingerprint density at radius 3 is 2.42 bits per heavy atom. The van der Waals surface area contributed by atoms with E-state index in [-0.39, 0.29) is 30.5 Å². The van der Waals surface area contributed by atoms with Crippen LogP contribution in [0.3, 0.4) is 0 Å². The van der Waals surface area contributed by atoms with Gasteiger partial charge in [-0.05, 0) is 55.0 Å². The molecule has 2 N–H and O–H groups in total. The molecule has 3 aromatic rings. The maximum atomic E-state index is 12.5. The van der Waals surface area contributed by atoms with Crippen molar-refractivity contribution >= 4 is 16.9 Å². The molecule has 26 heavy (non-hydrogen) atoms. The van der Waals surface area contributed by atoms with Gasteiger partial charge in [0.2, 0.25) is 5.91 Å². The van der Waals surface area contributed by atoms with Crippen molar-refractivity contribution in [2.75, 3.05) is 0 Å². The molecule has 0 saturated heterocycles. The SMILES string of the molecule is O=C(Cn1nc2ccccc2n1)N[C@H](Cc1ccncc1)C1CC(O)C1. The molecule has 1 aliphatic carbocycles. The summed E-state index contributed by atoms with van der Waals surface area (Å²) in [4.78, 5) is 18.0. The van der Waals surface area contributed by atoms with Crippen LogP contribution < -0.4 is 5.32 Å². The summed E-state index contributed by atoms with van der Waals surface area (Å²) in [7, 11) is 0. The Balaban J connectivity index is 1.43. The normalized spacial score (nSPS) is 20.5. The van der Waals surface area contributed by atoms with E-state index in [0.717, 1.165) is 35.9 Å². The summed E-state index contributed by atoms with van der Waals surface area (Å²) in [6.07, 6.45) is 5.42. The minimum atomic E-state index is -0.255. The highest BCUT2D eigenvalue weighted by atomic mass is 16.3. The van der Waals surface area contributed by atoms with Crippen LogP contribution in [0.4, 0.5) is 0 Å². The summed E-state index contributed by atoms with van der Waals surface area (Å²) in [5.41, 5.74) is 2.67. The molecule has 134 valence electrons. The fourth-order valence-electron chi connectivity index (χ4n) is 3.42. The second kappa shape index (κ2) is 7.21. The molecule has 0 bridgehead atoms. The van der Waals surface area contributed by atoms with E-state index >= 15 is 0 Å². The first-order valence-electron chi connectivity index (χ1n) is 8.83. The molecule has 0 aliphatic heterocycles. The molecular formula is C19H21N5O2. The van der Waals surface area contributed by atoms with E-state index in [0.29, 0.717) is 0 Å². The summed E-state index contributed by atoms with van der Waals surface area (Å²) in [6.45, 7) is 0.0802. The second-order valence-corrected chi connectivity index (χ2v) is 6.84. The third-order valence-electron chi connectivity index (χ3n) is 4.88. The molecule has 1 fully saturated rings. The van der Waals surface area contributed by atoms with Crippen LogP contribution in [0, 0.1) is 5.92 Å². The Hall–Kier alpha value is -2.80. The van der Waals surface area contributed by atoms with Crippen LogP contribution in [0.5, 0.6) is 0 Å². The number of carbonyl (C=O) groups excluding carboxylic acids is 1. The lowest BCUT2D eigenvalue weighted by Gasteiger charge is -2.38. The summed E-state index contributed by atoms with van der Waals surface area (Å²) < 4.78 is 0. The molecule has 0 spiro atoms. The van der Waals surface area contributed by atoms with E-state index in [2.05, 4.69) is 20.5 Å². The summed E-state index contributed by atoms with van der Waals surface area (Å²) in [5.74, 6) is 0.164. The number of hydrogen-bond donors (Lipinski definition) is 2. The van der Waals surface area contributed by atoms with Gasteiger partial charge in [-0.25, -0.2) is 0 Å². The van der Waals surface area contributed by atoms with Gasteiger partial charge in [-0.2, -0.15) is 15.0 Å². The summed E-state index contributed by atoms with van der Waals surface area (Å²) in [5, 5.41) is 21.4. The summed E-state index contributed by atoms with van der Waals surface area (Å²) in [6, 6.07) is 11.4. The molecule has 1 atom stereocenters. The van der Waals surface area contributed by atoms with E-state index in [4.69, 9.17) is 0 Å². The van der Waals surface area contributed by atoms with E-state index in [9.17, 15) is 9.90 Å². The predicted molar refractivity (Wildman–Crippen MR) is 96.1 cm³/mol. The van der Waals surface area contributed by atoms with Crippen molar-refractivity contribution in [2.24, 2.45) is 5.92 Å². The average molecular weight is 351 g/mol. The van der Waals surface area contributed by atoms with Gasteiger partial charge in [0.1, 0.15) is 17.6 Å². The van der Waals surface area contributed by atoms with Crippen LogP contribution in [0.15, 0.2) is 48.8 Å². The first-order chi connectivity index (χ1) is 12.7. The molecule has 0 radical (unpaired) electrons. The molecule has 7 nitrogen and oxygen atoms in total. The highest BCUT2D eigenvalue weighted by Crippen LogP contribution is 2.31. The van der Waals surface area contributed by atoms with E-state index in [1.165, 1.54) is 4.80 Å². The van der Waals surface area contributed by atoms with Crippen molar-refractivity contribution in [3.63, 3.8) is 0 Å². The maximum absolute atomic E-state index is 12.5. The van der Waals surface area contributed by atoms with Crippen LogP contribution in [0.1, 0.15) is 18.4 Å². The smallest absolute Gasteiger partial charge is 0.243 e. The number of benzene rings is 1. The number of rotatable bonds is 6. The summed E-state index contributed by atoms with van der Waals surface area (Å²) >= 11 is 0. The van der Waals surface area contributed by atoms with Gasteiger partial charge in [0.25, 0.3) is 0 Å². The van der Waals surface area contributed by atoms with Gasteiger partial charge in [0.15, 0.2) is 0 Å². The van der Waals surface area contributed by atoms with Crippen LogP contribution in [0.25, 0.3) is 11.0 Å². The molecular weight excluding hydrogens is 330 g/mol. The number of pyridine rings is 1. The highest BCUT2D eigenvalue weighted by Gasteiger charge is 2.34. The van der Waals surface area contributed by atoms with E-state index in [1.807, 2.05) is 36.4 Å². The van der Waals surface area contributed by atoms with Crippen LogP contribution >= 0.6 is 0 Å². The Bertz CT molecular complexity index is 856. The van der Waals surface area contributed by atoms with Crippen molar-refractivity contribution in [1.82, 2.24) is 25.3 Å². The van der Waals surface area contributed by atoms with Gasteiger partial charge in [-0.15, -0.1) is 0 Å². The first kappa shape index (κ1) is 16.7. The Morgan fingerprint density at radius 1 is 1.15 bits per heavy atom. The first-order valence-corrected chi connectivity index (χ1v) is 8.83. The van der Waals surface area contributed by atoms with Crippen molar-refractivity contribution in [2.45, 2.75) is 38.0 Å². The lowest BCUT2D eigenvalue weighted by Crippen LogP contribution is -2.49. The zero-order valence-corrected chi connectivity index (χ0v) is 14.3. The fourth-order valence-corrected chi connectivity index (χ4v) is 3.42. The molecule has 4 rings (SSSR count). The average Bonchev–Trinajstić information content (AvgIpc) is 3.01. The molecule has 2 heterocycles. The number of nitrogens with zero attached hydrogens (tertiary/aromatic N) is 4. The standard InChI is InChI=1S/C19H21N5O2/c25-15-10-14(11-15)18(9-13-5-7-20-8-6-13)21-19(26)12-24-22-16-3-1-2-4-17(16)23-24/h1-8,14-15,18,25H,9-12H2,(H,21,26)/t14?,15?,18-/m1/s1. The van der Waals surface area contributed by atoms with Crippen LogP contribution in [-0.2, 0) is 17.8 Å². The zero-order chi connectivity index (χ0) is 17.9. The van der Waals surface area contributed by atoms with Gasteiger partial charge in [-0.3, -0.25) is 9.78 Å². The topological polar surface area (TPSA) is 92.9 Å². The highest BCUT2D eigenvalue weighted by molar-refractivity contribution is 5.77. The Morgan fingerprint density at radius 2 is 1.81 bits per heavy atom. The maximum Gasteiger partial charge on any atom is 0.243 e. The number of aliphatic hydroxyl groups excluding tert-OH is 1. The minimum absolute atomic E-state index is 0.0155. The van der Waals surface area contributed by atoms with Gasteiger partial charge >= 0.3 is 0 Å². The predicted octanol–water partition coefficient (Wildman–Crippen LogP) is 1.32. The van der Waals surface area contributed by atoms with Gasteiger partial charge in [0, 0.05) is 18.4 Å². The van der Waals surface area contributed by atoms with Crippen molar-refractivity contribution in [1.29, 1.82) is 0 Å². The fraction of sp³-hybridized carbons (Fsp3) is 0.368. The molecule has 1 aromatic carbocycles. The van der Waals surface area contributed by atoms with Crippen molar-refractivity contribution < 1.29 is 9.90 Å². The van der Waals surface area contributed by atoms with Crippen molar-refractivity contribution in [3.05, 3.63) is 54.4 Å². The largest absolute Gasteiger partial charge is 0.393 e. The van der Waals surface area contributed by atoms with Gasteiger partial charge in [-0.1, -0.05) is 12.1 Å². The number of aromatic nitrogens is 4. The van der Waals surface area contributed by atoms with Gasteiger partial charge in [0.05, 0.1) is 6.10 Å². The lowest BCUT2D eigenvalue weighted by molar-refractivity contribution is -0.123. The van der Waals surface area contributed by atoms with Gasteiger partial charge < -0.3 is 10.4 Å².